The molecule has 1 aliphatic heterocycles. The van der Waals surface area contributed by atoms with Crippen molar-refractivity contribution in [1.82, 2.24) is 0 Å². The molecule has 1 aromatic rings. The maximum absolute atomic E-state index is 13.8. The van der Waals surface area contributed by atoms with Crippen LogP contribution in [-0.4, -0.2) is 84.1 Å². The lowest BCUT2D eigenvalue weighted by Crippen LogP contribution is -2.81. The molecule has 2 bridgehead atoms. The molecular weight excluding hydrogens is 592 g/mol. The highest BCUT2D eigenvalue weighted by Crippen LogP contribution is 2.68. The van der Waals surface area contributed by atoms with Crippen molar-refractivity contribution in [2.45, 2.75) is 104 Å². The summed E-state index contributed by atoms with van der Waals surface area (Å²) in [6, 6.07) is 8.01. The minimum Gasteiger partial charge on any atom is -0.465 e. The van der Waals surface area contributed by atoms with Gasteiger partial charge in [-0.15, -0.1) is 0 Å². The van der Waals surface area contributed by atoms with E-state index >= 15 is 0 Å². The Morgan fingerprint density at radius 1 is 0.733 bits per heavy atom. The average Bonchev–Trinajstić information content (AvgIpc) is 3.11. The van der Waals surface area contributed by atoms with E-state index in [0.717, 1.165) is 20.8 Å². The van der Waals surface area contributed by atoms with Crippen LogP contribution in [0.2, 0.25) is 0 Å². The van der Waals surface area contributed by atoms with E-state index in [4.69, 9.17) is 33.2 Å². The quantitative estimate of drug-likeness (QED) is 0.303. The van der Waals surface area contributed by atoms with Crippen LogP contribution >= 0.6 is 0 Å². The molecule has 3 fully saturated rings. The molecule has 0 unspecified atom stereocenters. The fraction of sp³-hybridized carbons (Fsp3) is 0.625. The van der Waals surface area contributed by atoms with Gasteiger partial charge in [0, 0.05) is 34.6 Å². The number of ether oxygens (including phenoxy) is 7. The highest BCUT2D eigenvalue weighted by atomic mass is 16.6. The van der Waals surface area contributed by atoms with Crippen LogP contribution in [0.15, 0.2) is 30.3 Å². The first-order valence-corrected chi connectivity index (χ1v) is 14.8. The number of hydrogen-bond acceptors (Lipinski definition) is 13. The summed E-state index contributed by atoms with van der Waals surface area (Å²) in [6.45, 7) is 10.4. The predicted molar refractivity (Wildman–Crippen MR) is 152 cm³/mol. The third-order valence-corrected chi connectivity index (χ3v) is 9.00. The molecule has 0 radical (unpaired) electrons. The van der Waals surface area contributed by atoms with Gasteiger partial charge in [-0.3, -0.25) is 24.0 Å². The Morgan fingerprint density at radius 2 is 1.29 bits per heavy atom. The van der Waals surface area contributed by atoms with Gasteiger partial charge in [-0.25, -0.2) is 4.79 Å². The number of carbonyl (C=O) groups excluding carboxylic acids is 6. The smallest absolute Gasteiger partial charge is 0.338 e. The van der Waals surface area contributed by atoms with Gasteiger partial charge in [0.25, 0.3) is 0 Å². The van der Waals surface area contributed by atoms with E-state index in [1.54, 1.807) is 39.0 Å². The minimum absolute atomic E-state index is 0.0531. The zero-order valence-corrected chi connectivity index (χ0v) is 26.6. The van der Waals surface area contributed by atoms with Crippen LogP contribution in [0.1, 0.15) is 72.2 Å². The van der Waals surface area contributed by atoms with Gasteiger partial charge >= 0.3 is 35.8 Å². The van der Waals surface area contributed by atoms with Gasteiger partial charge in [-0.05, 0) is 38.3 Å². The maximum Gasteiger partial charge on any atom is 0.338 e. The summed E-state index contributed by atoms with van der Waals surface area (Å²) in [7, 11) is 0. The minimum atomic E-state index is -1.96. The summed E-state index contributed by atoms with van der Waals surface area (Å²) in [5, 5.41) is 0. The second kappa shape index (κ2) is 12.4. The largest absolute Gasteiger partial charge is 0.465 e. The molecule has 246 valence electrons. The molecule has 13 heteroatoms. The van der Waals surface area contributed by atoms with Crippen LogP contribution in [0.5, 0.6) is 0 Å². The second-order valence-electron chi connectivity index (χ2n) is 12.5. The molecule has 0 N–H and O–H groups in total. The van der Waals surface area contributed by atoms with Crippen molar-refractivity contribution < 1.29 is 61.9 Å². The molecule has 13 nitrogen and oxygen atoms in total. The number of rotatable bonds is 8. The first-order chi connectivity index (χ1) is 21.0. The van der Waals surface area contributed by atoms with Crippen LogP contribution in [0, 0.1) is 17.3 Å². The number of benzene rings is 1. The number of fused-ring (bicyclic) bond motifs is 1. The van der Waals surface area contributed by atoms with Gasteiger partial charge in [0.15, 0.2) is 12.2 Å². The SMILES string of the molecule is CC(=O)OC[C@]12[C@H](OC(=O)c3ccccc3)[C@H](OC(C)=O)[C@@H]3[C@@H](OC(C)=O)[C@]1(OC3(C)C)[C@H](C)C[C@H](OC(C)=O)[C@@H]2OC(C)=O. The molecule has 1 heterocycles. The van der Waals surface area contributed by atoms with Crippen LogP contribution in [0.4, 0.5) is 0 Å². The second-order valence-corrected chi connectivity index (χ2v) is 12.5. The Morgan fingerprint density at radius 3 is 1.82 bits per heavy atom. The van der Waals surface area contributed by atoms with E-state index in [-0.39, 0.29) is 12.0 Å². The van der Waals surface area contributed by atoms with Crippen LogP contribution in [0.3, 0.4) is 0 Å². The Hall–Kier alpha value is -4.00. The highest BCUT2D eigenvalue weighted by molar-refractivity contribution is 5.89. The molecule has 9 atom stereocenters. The fourth-order valence-corrected chi connectivity index (χ4v) is 7.80. The summed E-state index contributed by atoms with van der Waals surface area (Å²) in [5.41, 5.74) is -4.73. The van der Waals surface area contributed by atoms with E-state index in [1.165, 1.54) is 26.0 Å². The van der Waals surface area contributed by atoms with Gasteiger partial charge in [0.1, 0.15) is 35.9 Å². The van der Waals surface area contributed by atoms with E-state index in [9.17, 15) is 28.8 Å². The predicted octanol–water partition coefficient (Wildman–Crippen LogP) is 2.71. The molecule has 1 aromatic carbocycles. The maximum atomic E-state index is 13.8. The van der Waals surface area contributed by atoms with Crippen molar-refractivity contribution >= 4 is 35.8 Å². The normalized spacial score (nSPS) is 34.4. The number of hydrogen-bond donors (Lipinski definition) is 0. The number of carbonyl (C=O) groups is 6. The summed E-state index contributed by atoms with van der Waals surface area (Å²) >= 11 is 0. The lowest BCUT2D eigenvalue weighted by atomic mass is 9.47. The summed E-state index contributed by atoms with van der Waals surface area (Å²) in [6.07, 6.45) is -6.74. The van der Waals surface area contributed by atoms with Gasteiger partial charge < -0.3 is 33.2 Å². The monoisotopic (exact) mass is 632 g/mol. The average molecular weight is 633 g/mol. The molecule has 2 aliphatic carbocycles. The lowest BCUT2D eigenvalue weighted by Gasteiger charge is -2.64. The van der Waals surface area contributed by atoms with E-state index in [2.05, 4.69) is 0 Å². The van der Waals surface area contributed by atoms with Gasteiger partial charge in [-0.1, -0.05) is 25.1 Å². The van der Waals surface area contributed by atoms with Crippen molar-refractivity contribution in [1.29, 1.82) is 0 Å². The first kappa shape index (κ1) is 33.9. The van der Waals surface area contributed by atoms with Crippen molar-refractivity contribution in [3.63, 3.8) is 0 Å². The third-order valence-electron chi connectivity index (χ3n) is 9.00. The van der Waals surface area contributed by atoms with Gasteiger partial charge in [0.05, 0.1) is 17.1 Å². The van der Waals surface area contributed by atoms with Crippen LogP contribution in [0.25, 0.3) is 0 Å². The van der Waals surface area contributed by atoms with Crippen LogP contribution < -0.4 is 0 Å². The van der Waals surface area contributed by atoms with Crippen molar-refractivity contribution in [2.24, 2.45) is 17.3 Å². The molecular formula is C32H40O13. The molecule has 1 saturated heterocycles. The molecule has 2 saturated carbocycles. The Labute approximate surface area is 261 Å². The van der Waals surface area contributed by atoms with E-state index < -0.39 is 101 Å². The molecule has 45 heavy (non-hydrogen) atoms. The van der Waals surface area contributed by atoms with Crippen molar-refractivity contribution in [3.8, 4) is 0 Å². The molecule has 1 spiro atoms. The molecule has 4 rings (SSSR count). The topological polar surface area (TPSA) is 167 Å². The van der Waals surface area contributed by atoms with Crippen molar-refractivity contribution in [2.75, 3.05) is 6.61 Å². The fourth-order valence-electron chi connectivity index (χ4n) is 7.80. The Kier molecular flexibility index (Phi) is 9.35. The molecule has 0 amide bonds. The van der Waals surface area contributed by atoms with Crippen LogP contribution in [-0.2, 0) is 57.1 Å². The lowest BCUT2D eigenvalue weighted by molar-refractivity contribution is -0.329. The van der Waals surface area contributed by atoms with Gasteiger partial charge in [-0.2, -0.15) is 0 Å². The zero-order valence-electron chi connectivity index (χ0n) is 26.6. The standard InChI is InChI=1S/C32H40O13/c1-16-14-23(40-18(3)34)26(42-20(5)36)31(15-39-17(2)33)28(44-29(38)22-12-10-9-11-13-22)25(41-19(4)35)24-27(43-21(6)37)32(16,31)45-30(24,7)8/h9-13,16,23-28H,14-15H2,1-8H3/t16-,23+,24-,25-,26+,27-,28-,31+,32-/m1/s1. The van der Waals surface area contributed by atoms with Crippen molar-refractivity contribution in [3.05, 3.63) is 35.9 Å². The summed E-state index contributed by atoms with van der Waals surface area (Å²) in [4.78, 5) is 77.0. The first-order valence-electron chi connectivity index (χ1n) is 14.8. The highest BCUT2D eigenvalue weighted by Gasteiger charge is 2.85. The molecule has 0 aromatic heterocycles. The number of esters is 6. The summed E-state index contributed by atoms with van der Waals surface area (Å²) in [5.74, 6) is -6.12. The molecule has 3 aliphatic rings. The Balaban J connectivity index is 2.13. The van der Waals surface area contributed by atoms with E-state index in [0.29, 0.717) is 0 Å². The Bertz CT molecular complexity index is 1360. The van der Waals surface area contributed by atoms with E-state index in [1.807, 2.05) is 0 Å². The third kappa shape index (κ3) is 5.89. The summed E-state index contributed by atoms with van der Waals surface area (Å²) < 4.78 is 42.5. The zero-order chi connectivity index (χ0) is 33.5. The van der Waals surface area contributed by atoms with Gasteiger partial charge in [0.2, 0.25) is 0 Å².